The van der Waals surface area contributed by atoms with Gasteiger partial charge in [0.1, 0.15) is 0 Å². The molecule has 2 rings (SSSR count). The molecule has 0 amide bonds. The van der Waals surface area contributed by atoms with E-state index in [1.807, 2.05) is 12.4 Å². The molecule has 1 aliphatic rings. The number of aromatic nitrogens is 1. The van der Waals surface area contributed by atoms with E-state index in [2.05, 4.69) is 41.3 Å². The van der Waals surface area contributed by atoms with Crippen LogP contribution in [0.1, 0.15) is 31.4 Å². The summed E-state index contributed by atoms with van der Waals surface area (Å²) in [5.41, 5.74) is 1.36. The van der Waals surface area contributed by atoms with Crippen LogP contribution in [0.3, 0.4) is 0 Å². The maximum absolute atomic E-state index is 4.08. The van der Waals surface area contributed by atoms with E-state index in [1.165, 1.54) is 38.0 Å². The van der Waals surface area contributed by atoms with Crippen molar-refractivity contribution in [2.24, 2.45) is 5.92 Å². The molecule has 2 heterocycles. The van der Waals surface area contributed by atoms with Crippen molar-refractivity contribution in [3.63, 3.8) is 0 Å². The lowest BCUT2D eigenvalue weighted by Gasteiger charge is -2.31. The Morgan fingerprint density at radius 3 is 2.65 bits per heavy atom. The topological polar surface area (TPSA) is 28.2 Å². The molecule has 1 aliphatic heterocycles. The first kappa shape index (κ1) is 12.5. The average Bonchev–Trinajstić information content (AvgIpc) is 2.40. The molecule has 1 aromatic rings. The summed E-state index contributed by atoms with van der Waals surface area (Å²) in [7, 11) is 2.23. The van der Waals surface area contributed by atoms with Gasteiger partial charge in [-0.15, -0.1) is 0 Å². The van der Waals surface area contributed by atoms with Gasteiger partial charge in [-0.25, -0.2) is 0 Å². The van der Waals surface area contributed by atoms with E-state index in [0.717, 1.165) is 5.92 Å². The Labute approximate surface area is 104 Å². The SMILES string of the molecule is C[C@H](c1ccncc1)N(C)CC1CCNCC1. The third kappa shape index (κ3) is 3.51. The largest absolute Gasteiger partial charge is 0.317 e. The average molecular weight is 233 g/mol. The molecule has 0 unspecified atom stereocenters. The Morgan fingerprint density at radius 2 is 2.00 bits per heavy atom. The van der Waals surface area contributed by atoms with Crippen molar-refractivity contribution in [1.82, 2.24) is 15.2 Å². The number of piperidine rings is 1. The highest BCUT2D eigenvalue weighted by Gasteiger charge is 2.18. The first-order valence-corrected chi connectivity index (χ1v) is 6.58. The fourth-order valence-corrected chi connectivity index (χ4v) is 2.53. The summed E-state index contributed by atoms with van der Waals surface area (Å²) in [6, 6.07) is 4.71. The van der Waals surface area contributed by atoms with E-state index in [9.17, 15) is 0 Å². The third-order valence-electron chi connectivity index (χ3n) is 3.85. The highest BCUT2D eigenvalue weighted by atomic mass is 15.1. The first-order valence-electron chi connectivity index (χ1n) is 6.58. The minimum absolute atomic E-state index is 0.480. The predicted octanol–water partition coefficient (Wildman–Crippen LogP) is 2.07. The van der Waals surface area contributed by atoms with E-state index >= 15 is 0 Å². The molecule has 1 saturated heterocycles. The van der Waals surface area contributed by atoms with Crippen LogP contribution in [-0.2, 0) is 0 Å². The van der Waals surface area contributed by atoms with E-state index in [1.54, 1.807) is 0 Å². The van der Waals surface area contributed by atoms with Gasteiger partial charge in [-0.2, -0.15) is 0 Å². The second kappa shape index (κ2) is 6.12. The summed E-state index contributed by atoms with van der Waals surface area (Å²) in [4.78, 5) is 6.54. The Morgan fingerprint density at radius 1 is 1.35 bits per heavy atom. The van der Waals surface area contributed by atoms with Gasteiger partial charge in [0.25, 0.3) is 0 Å². The molecule has 1 fully saturated rings. The molecule has 3 nitrogen and oxygen atoms in total. The lowest BCUT2D eigenvalue weighted by atomic mass is 9.96. The van der Waals surface area contributed by atoms with Crippen LogP contribution in [0.5, 0.6) is 0 Å². The summed E-state index contributed by atoms with van der Waals surface area (Å²) >= 11 is 0. The molecule has 0 spiro atoms. The zero-order valence-corrected chi connectivity index (χ0v) is 10.9. The van der Waals surface area contributed by atoms with Gasteiger partial charge in [0.2, 0.25) is 0 Å². The van der Waals surface area contributed by atoms with Gasteiger partial charge in [-0.1, -0.05) is 0 Å². The highest BCUT2D eigenvalue weighted by Crippen LogP contribution is 2.21. The predicted molar refractivity (Wildman–Crippen MR) is 70.9 cm³/mol. The molecule has 3 heteroatoms. The van der Waals surface area contributed by atoms with E-state index in [0.29, 0.717) is 6.04 Å². The van der Waals surface area contributed by atoms with Gasteiger partial charge in [-0.05, 0) is 63.5 Å². The van der Waals surface area contributed by atoms with Crippen molar-refractivity contribution in [2.75, 3.05) is 26.7 Å². The van der Waals surface area contributed by atoms with Crippen molar-refractivity contribution in [3.05, 3.63) is 30.1 Å². The van der Waals surface area contributed by atoms with Crippen LogP contribution in [0.4, 0.5) is 0 Å². The summed E-state index contributed by atoms with van der Waals surface area (Å²) in [6.07, 6.45) is 6.38. The molecule has 0 aliphatic carbocycles. The van der Waals surface area contributed by atoms with Crippen molar-refractivity contribution in [1.29, 1.82) is 0 Å². The van der Waals surface area contributed by atoms with Crippen LogP contribution in [0.2, 0.25) is 0 Å². The highest BCUT2D eigenvalue weighted by molar-refractivity contribution is 5.14. The molecular weight excluding hydrogens is 210 g/mol. The van der Waals surface area contributed by atoms with Gasteiger partial charge in [-0.3, -0.25) is 9.88 Å². The summed E-state index contributed by atoms with van der Waals surface area (Å²) < 4.78 is 0. The van der Waals surface area contributed by atoms with Crippen LogP contribution in [-0.4, -0.2) is 36.6 Å². The van der Waals surface area contributed by atoms with Crippen molar-refractivity contribution in [2.45, 2.75) is 25.8 Å². The Kier molecular flexibility index (Phi) is 4.51. The van der Waals surface area contributed by atoms with Gasteiger partial charge in [0.15, 0.2) is 0 Å². The lowest BCUT2D eigenvalue weighted by Crippen LogP contribution is -2.35. The van der Waals surface area contributed by atoms with Crippen LogP contribution >= 0.6 is 0 Å². The normalized spacial score (nSPS) is 19.5. The van der Waals surface area contributed by atoms with Gasteiger partial charge >= 0.3 is 0 Å². The maximum atomic E-state index is 4.08. The van der Waals surface area contributed by atoms with Crippen LogP contribution in [0, 0.1) is 5.92 Å². The van der Waals surface area contributed by atoms with Gasteiger partial charge in [0, 0.05) is 25.0 Å². The Balaban J connectivity index is 1.88. The molecule has 94 valence electrons. The minimum atomic E-state index is 0.480. The lowest BCUT2D eigenvalue weighted by molar-refractivity contribution is 0.196. The summed E-state index contributed by atoms with van der Waals surface area (Å²) in [5, 5.41) is 3.42. The summed E-state index contributed by atoms with van der Waals surface area (Å²) in [5.74, 6) is 0.852. The first-order chi connectivity index (χ1) is 8.27. The zero-order chi connectivity index (χ0) is 12.1. The van der Waals surface area contributed by atoms with Crippen molar-refractivity contribution in [3.8, 4) is 0 Å². The monoisotopic (exact) mass is 233 g/mol. The van der Waals surface area contributed by atoms with Crippen LogP contribution in [0.15, 0.2) is 24.5 Å². The molecule has 1 N–H and O–H groups in total. The Bertz CT molecular complexity index is 319. The molecule has 0 bridgehead atoms. The fourth-order valence-electron chi connectivity index (χ4n) is 2.53. The van der Waals surface area contributed by atoms with Crippen molar-refractivity contribution >= 4 is 0 Å². The van der Waals surface area contributed by atoms with Crippen molar-refractivity contribution < 1.29 is 0 Å². The number of nitrogens with zero attached hydrogens (tertiary/aromatic N) is 2. The number of rotatable bonds is 4. The zero-order valence-electron chi connectivity index (χ0n) is 10.9. The molecule has 17 heavy (non-hydrogen) atoms. The van der Waals surface area contributed by atoms with E-state index in [4.69, 9.17) is 0 Å². The molecule has 0 aromatic carbocycles. The number of nitrogens with one attached hydrogen (secondary N) is 1. The minimum Gasteiger partial charge on any atom is -0.317 e. The van der Waals surface area contributed by atoms with Gasteiger partial charge < -0.3 is 5.32 Å². The quantitative estimate of drug-likeness (QED) is 0.863. The number of pyridine rings is 1. The number of hydrogen-bond acceptors (Lipinski definition) is 3. The van der Waals surface area contributed by atoms with E-state index in [-0.39, 0.29) is 0 Å². The third-order valence-corrected chi connectivity index (χ3v) is 3.85. The second-order valence-electron chi connectivity index (χ2n) is 5.09. The number of hydrogen-bond donors (Lipinski definition) is 1. The van der Waals surface area contributed by atoms with Gasteiger partial charge in [0.05, 0.1) is 0 Å². The molecule has 1 atom stereocenters. The fraction of sp³-hybridized carbons (Fsp3) is 0.643. The standard InChI is InChI=1S/C14H23N3/c1-12(14-5-9-16-10-6-14)17(2)11-13-3-7-15-8-4-13/h5-6,9-10,12-13,15H,3-4,7-8,11H2,1-2H3/t12-/m1/s1. The maximum Gasteiger partial charge on any atom is 0.0318 e. The van der Waals surface area contributed by atoms with Crippen LogP contribution in [0.25, 0.3) is 0 Å². The Hall–Kier alpha value is -0.930. The molecule has 1 aromatic heterocycles. The molecule has 0 saturated carbocycles. The smallest absolute Gasteiger partial charge is 0.0318 e. The second-order valence-corrected chi connectivity index (χ2v) is 5.09. The molecular formula is C14H23N3. The van der Waals surface area contributed by atoms with E-state index < -0.39 is 0 Å². The summed E-state index contributed by atoms with van der Waals surface area (Å²) in [6.45, 7) is 5.84. The molecule has 0 radical (unpaired) electrons. The van der Waals surface area contributed by atoms with Crippen LogP contribution < -0.4 is 5.32 Å².